The van der Waals surface area contributed by atoms with Gasteiger partial charge in [0, 0.05) is 11.3 Å². The van der Waals surface area contributed by atoms with Crippen LogP contribution in [0.15, 0.2) is 83.0 Å². The molecule has 2 amide bonds. The zero-order chi connectivity index (χ0) is 24.5. The number of benzene rings is 3. The number of allylic oxidation sites excluding steroid dienone is 1. The van der Waals surface area contributed by atoms with E-state index in [9.17, 15) is 4.79 Å². The van der Waals surface area contributed by atoms with Gasteiger partial charge in [0.2, 0.25) is 5.82 Å². The summed E-state index contributed by atoms with van der Waals surface area (Å²) in [7, 11) is 1.62. The number of urea groups is 1. The molecule has 1 aliphatic rings. The summed E-state index contributed by atoms with van der Waals surface area (Å²) in [5.74, 6) is 1.58. The van der Waals surface area contributed by atoms with Crippen molar-refractivity contribution in [2.45, 2.75) is 26.8 Å². The van der Waals surface area contributed by atoms with Crippen molar-refractivity contribution in [2.24, 2.45) is 0 Å². The van der Waals surface area contributed by atoms with Gasteiger partial charge in [-0.25, -0.2) is 4.79 Å². The van der Waals surface area contributed by atoms with E-state index >= 15 is 0 Å². The third-order valence-corrected chi connectivity index (χ3v) is 6.09. The number of nitrogens with zero attached hydrogens (tertiary/aromatic N) is 3. The Labute approximate surface area is 204 Å². The average molecular weight is 467 g/mol. The Balaban J connectivity index is 1.66. The summed E-state index contributed by atoms with van der Waals surface area (Å²) in [5.41, 5.74) is 6.13. The molecule has 7 nitrogen and oxygen atoms in total. The van der Waals surface area contributed by atoms with Crippen LogP contribution < -0.4 is 15.0 Å². The minimum Gasteiger partial charge on any atom is -0.497 e. The van der Waals surface area contributed by atoms with E-state index in [2.05, 4.69) is 16.5 Å². The van der Waals surface area contributed by atoms with Crippen molar-refractivity contribution in [1.29, 1.82) is 0 Å². The number of methoxy groups -OCH3 is 1. The Morgan fingerprint density at radius 1 is 0.943 bits per heavy atom. The summed E-state index contributed by atoms with van der Waals surface area (Å²) < 4.78 is 11.1. The standard InChI is InChI=1S/C28H26N4O3/c1-17-14-18(2)16-22(15-17)32-19(3)24(27-30-26(31-35-27)21-8-6-5-7-9-21)25(29-28(32)33)20-10-12-23(34-4)13-11-20/h5-16,25H,1-4H3,(H,29,33). The van der Waals surface area contributed by atoms with Gasteiger partial charge in [0.25, 0.3) is 5.89 Å². The molecule has 0 fully saturated rings. The van der Waals surface area contributed by atoms with Crippen LogP contribution in [-0.2, 0) is 0 Å². The predicted octanol–water partition coefficient (Wildman–Crippen LogP) is 6.06. The number of aryl methyl sites for hydroxylation is 2. The van der Waals surface area contributed by atoms with Crippen molar-refractivity contribution in [3.05, 3.63) is 101 Å². The van der Waals surface area contributed by atoms with Crippen LogP contribution in [0.2, 0.25) is 0 Å². The number of nitrogens with one attached hydrogen (secondary N) is 1. The molecule has 0 bridgehead atoms. The van der Waals surface area contributed by atoms with E-state index < -0.39 is 6.04 Å². The Hall–Kier alpha value is -4.39. The van der Waals surface area contributed by atoms with Gasteiger partial charge < -0.3 is 14.6 Å². The van der Waals surface area contributed by atoms with E-state index in [0.717, 1.165) is 45.0 Å². The Bertz CT molecular complexity index is 1390. The van der Waals surface area contributed by atoms with Gasteiger partial charge in [-0.2, -0.15) is 4.98 Å². The number of hydrogen-bond acceptors (Lipinski definition) is 5. The van der Waals surface area contributed by atoms with E-state index in [1.807, 2.05) is 87.5 Å². The van der Waals surface area contributed by atoms with E-state index in [1.54, 1.807) is 12.0 Å². The maximum absolute atomic E-state index is 13.4. The Morgan fingerprint density at radius 2 is 1.63 bits per heavy atom. The molecule has 0 spiro atoms. The lowest BCUT2D eigenvalue weighted by Gasteiger charge is -2.35. The molecule has 1 unspecified atom stereocenters. The van der Waals surface area contributed by atoms with Gasteiger partial charge in [-0.3, -0.25) is 4.90 Å². The largest absolute Gasteiger partial charge is 0.497 e. The van der Waals surface area contributed by atoms with E-state index in [-0.39, 0.29) is 6.03 Å². The van der Waals surface area contributed by atoms with E-state index in [4.69, 9.17) is 14.2 Å². The number of rotatable bonds is 5. The molecule has 1 N–H and O–H groups in total. The first-order chi connectivity index (χ1) is 16.9. The number of carbonyl (C=O) groups excluding carboxylic acids is 1. The molecule has 5 rings (SSSR count). The second-order valence-corrected chi connectivity index (χ2v) is 8.63. The van der Waals surface area contributed by atoms with Gasteiger partial charge in [-0.15, -0.1) is 0 Å². The highest BCUT2D eigenvalue weighted by Gasteiger charge is 2.36. The van der Waals surface area contributed by atoms with Crippen LogP contribution in [0.25, 0.3) is 17.0 Å². The van der Waals surface area contributed by atoms with Crippen molar-refractivity contribution in [3.63, 3.8) is 0 Å². The summed E-state index contributed by atoms with van der Waals surface area (Å²) in [6.07, 6.45) is 0. The number of ether oxygens (including phenoxy) is 1. The molecule has 3 aromatic carbocycles. The molecule has 176 valence electrons. The molecule has 1 atom stereocenters. The molecule has 4 aromatic rings. The number of anilines is 1. The molecular formula is C28H26N4O3. The quantitative estimate of drug-likeness (QED) is 0.386. The third-order valence-electron chi connectivity index (χ3n) is 6.09. The van der Waals surface area contributed by atoms with Crippen LogP contribution in [0.4, 0.5) is 10.5 Å². The normalized spacial score (nSPS) is 15.8. The first-order valence-electron chi connectivity index (χ1n) is 11.4. The zero-order valence-corrected chi connectivity index (χ0v) is 20.1. The molecule has 7 heteroatoms. The highest BCUT2D eigenvalue weighted by atomic mass is 16.5. The fourth-order valence-electron chi connectivity index (χ4n) is 4.49. The van der Waals surface area contributed by atoms with Crippen molar-refractivity contribution in [2.75, 3.05) is 12.0 Å². The van der Waals surface area contributed by atoms with Gasteiger partial charge in [0.15, 0.2) is 0 Å². The van der Waals surface area contributed by atoms with Gasteiger partial charge in [0.05, 0.1) is 24.4 Å². The van der Waals surface area contributed by atoms with Gasteiger partial charge in [-0.05, 0) is 61.7 Å². The lowest BCUT2D eigenvalue weighted by Crippen LogP contribution is -2.46. The molecular weight excluding hydrogens is 440 g/mol. The minimum absolute atomic E-state index is 0.222. The van der Waals surface area contributed by atoms with Crippen molar-refractivity contribution < 1.29 is 14.1 Å². The lowest BCUT2D eigenvalue weighted by atomic mass is 9.94. The van der Waals surface area contributed by atoms with Crippen molar-refractivity contribution >= 4 is 17.3 Å². The van der Waals surface area contributed by atoms with E-state index in [1.165, 1.54) is 0 Å². The van der Waals surface area contributed by atoms with Crippen molar-refractivity contribution in [1.82, 2.24) is 15.5 Å². The van der Waals surface area contributed by atoms with Crippen LogP contribution in [0.3, 0.4) is 0 Å². The number of aromatic nitrogens is 2. The topological polar surface area (TPSA) is 80.5 Å². The van der Waals surface area contributed by atoms with Crippen molar-refractivity contribution in [3.8, 4) is 17.1 Å². The maximum atomic E-state index is 13.4. The summed E-state index contributed by atoms with van der Waals surface area (Å²) in [5, 5.41) is 7.37. The molecule has 0 radical (unpaired) electrons. The predicted molar refractivity (Wildman–Crippen MR) is 135 cm³/mol. The minimum atomic E-state index is -0.473. The van der Waals surface area contributed by atoms with Crippen LogP contribution in [0.5, 0.6) is 5.75 Å². The fourth-order valence-corrected chi connectivity index (χ4v) is 4.49. The number of carbonyl (C=O) groups is 1. The highest BCUT2D eigenvalue weighted by molar-refractivity contribution is 6.01. The first kappa shape index (κ1) is 22.4. The second-order valence-electron chi connectivity index (χ2n) is 8.63. The molecule has 1 aromatic heterocycles. The molecule has 2 heterocycles. The van der Waals surface area contributed by atoms with Crippen LogP contribution in [0, 0.1) is 13.8 Å². The molecule has 0 saturated carbocycles. The number of amides is 2. The average Bonchev–Trinajstić information content (AvgIpc) is 3.33. The fraction of sp³-hybridized carbons (Fsp3) is 0.179. The summed E-state index contributed by atoms with van der Waals surface area (Å²) >= 11 is 0. The van der Waals surface area contributed by atoms with Gasteiger partial charge in [-0.1, -0.05) is 53.7 Å². The third kappa shape index (κ3) is 4.28. The van der Waals surface area contributed by atoms with Gasteiger partial charge in [0.1, 0.15) is 5.75 Å². The molecule has 0 saturated heterocycles. The lowest BCUT2D eigenvalue weighted by molar-refractivity contribution is 0.244. The van der Waals surface area contributed by atoms with Crippen LogP contribution in [-0.4, -0.2) is 23.3 Å². The highest BCUT2D eigenvalue weighted by Crippen LogP contribution is 2.39. The van der Waals surface area contributed by atoms with Crippen LogP contribution in [0.1, 0.15) is 35.5 Å². The zero-order valence-electron chi connectivity index (χ0n) is 20.1. The summed E-state index contributed by atoms with van der Waals surface area (Å²) in [4.78, 5) is 19.8. The molecule has 1 aliphatic heterocycles. The second kappa shape index (κ2) is 9.10. The smallest absolute Gasteiger partial charge is 0.326 e. The number of hydrogen-bond donors (Lipinski definition) is 1. The Kier molecular flexibility index (Phi) is 5.82. The molecule has 35 heavy (non-hydrogen) atoms. The van der Waals surface area contributed by atoms with Gasteiger partial charge >= 0.3 is 6.03 Å². The molecule has 0 aliphatic carbocycles. The Morgan fingerprint density at radius 3 is 2.29 bits per heavy atom. The summed E-state index contributed by atoms with van der Waals surface area (Å²) in [6.45, 7) is 5.94. The first-order valence-corrected chi connectivity index (χ1v) is 11.4. The SMILES string of the molecule is COc1ccc(C2NC(=O)N(c3cc(C)cc(C)c3)C(C)=C2c2nc(-c3ccccc3)no2)cc1. The summed E-state index contributed by atoms with van der Waals surface area (Å²) in [6, 6.07) is 22.6. The monoisotopic (exact) mass is 466 g/mol. The maximum Gasteiger partial charge on any atom is 0.326 e. The van der Waals surface area contributed by atoms with E-state index in [0.29, 0.717) is 11.7 Å². The van der Waals surface area contributed by atoms with Crippen LogP contribution >= 0.6 is 0 Å².